The molecule has 1 heterocycles. The topological polar surface area (TPSA) is 72.6 Å². The molecule has 2 amide bonds. The third kappa shape index (κ3) is 2.14. The third-order valence-electron chi connectivity index (χ3n) is 4.13. The molecule has 5 nitrogen and oxygen atoms in total. The third-order valence-corrected chi connectivity index (χ3v) is 4.13. The molecule has 5 heteroatoms. The van der Waals surface area contributed by atoms with Crippen molar-refractivity contribution in [1.82, 2.24) is 5.01 Å². The summed E-state index contributed by atoms with van der Waals surface area (Å²) >= 11 is 0. The van der Waals surface area contributed by atoms with Crippen LogP contribution in [0.5, 0.6) is 5.75 Å². The number of imide groups is 1. The molecule has 24 heavy (non-hydrogen) atoms. The number of nitrogens with two attached hydrogens (primary N) is 1. The molecule has 0 aliphatic carbocycles. The molecule has 0 saturated carbocycles. The molecular weight excluding hydrogens is 304 g/mol. The van der Waals surface area contributed by atoms with E-state index in [4.69, 9.17) is 10.6 Å². The van der Waals surface area contributed by atoms with Gasteiger partial charge in [0.25, 0.3) is 11.8 Å². The highest BCUT2D eigenvalue weighted by atomic mass is 16.5. The number of ether oxygens (including phenoxy) is 1. The second kappa shape index (κ2) is 5.47. The fraction of sp³-hybridized carbons (Fsp3) is 0.0526. The van der Waals surface area contributed by atoms with Crippen LogP contribution >= 0.6 is 0 Å². The van der Waals surface area contributed by atoms with Crippen molar-refractivity contribution in [1.29, 1.82) is 0 Å². The largest absolute Gasteiger partial charge is 0.488 e. The molecule has 1 aliphatic rings. The van der Waals surface area contributed by atoms with Crippen LogP contribution in [0.25, 0.3) is 10.8 Å². The standard InChI is InChI=1S/C19H14N2O3/c20-21-18(22)15-10-16(24-11-12-6-2-1-3-7-12)13-8-4-5-9-14(13)17(15)19(21)23/h1-10H,11,20H2. The molecule has 0 bridgehead atoms. The normalized spacial score (nSPS) is 13.5. The van der Waals surface area contributed by atoms with Crippen molar-refractivity contribution in [2.45, 2.75) is 6.61 Å². The van der Waals surface area contributed by atoms with Crippen LogP contribution in [-0.4, -0.2) is 16.8 Å². The minimum Gasteiger partial charge on any atom is -0.488 e. The van der Waals surface area contributed by atoms with Gasteiger partial charge in [0, 0.05) is 5.39 Å². The number of rotatable bonds is 3. The van der Waals surface area contributed by atoms with Crippen LogP contribution < -0.4 is 10.6 Å². The van der Waals surface area contributed by atoms with Gasteiger partial charge in [0.2, 0.25) is 0 Å². The van der Waals surface area contributed by atoms with Gasteiger partial charge in [-0.25, -0.2) is 10.9 Å². The van der Waals surface area contributed by atoms with Gasteiger partial charge in [-0.1, -0.05) is 54.6 Å². The highest BCUT2D eigenvalue weighted by Crippen LogP contribution is 2.35. The summed E-state index contributed by atoms with van der Waals surface area (Å²) < 4.78 is 5.93. The van der Waals surface area contributed by atoms with Crippen LogP contribution in [0.1, 0.15) is 26.3 Å². The number of nitrogens with zero attached hydrogens (tertiary/aromatic N) is 1. The van der Waals surface area contributed by atoms with Gasteiger partial charge in [-0.05, 0) is 17.0 Å². The number of carbonyl (C=O) groups is 2. The van der Waals surface area contributed by atoms with E-state index in [0.29, 0.717) is 28.3 Å². The summed E-state index contributed by atoms with van der Waals surface area (Å²) in [5.74, 6) is 5.14. The number of amides is 2. The average molecular weight is 318 g/mol. The molecule has 2 N–H and O–H groups in total. The van der Waals surface area contributed by atoms with Crippen molar-refractivity contribution in [3.05, 3.63) is 77.4 Å². The van der Waals surface area contributed by atoms with Gasteiger partial charge in [0.15, 0.2) is 0 Å². The van der Waals surface area contributed by atoms with Gasteiger partial charge in [0.1, 0.15) is 12.4 Å². The Labute approximate surface area is 138 Å². The zero-order chi connectivity index (χ0) is 16.7. The number of hydrogen-bond acceptors (Lipinski definition) is 4. The Morgan fingerprint density at radius 2 is 1.54 bits per heavy atom. The second-order valence-electron chi connectivity index (χ2n) is 5.60. The maximum absolute atomic E-state index is 12.3. The second-order valence-corrected chi connectivity index (χ2v) is 5.60. The van der Waals surface area contributed by atoms with Crippen molar-refractivity contribution in [2.24, 2.45) is 5.84 Å². The molecule has 0 spiro atoms. The molecule has 0 saturated heterocycles. The van der Waals surface area contributed by atoms with Gasteiger partial charge in [0.05, 0.1) is 11.1 Å². The fourth-order valence-electron chi connectivity index (χ4n) is 2.94. The van der Waals surface area contributed by atoms with E-state index in [1.807, 2.05) is 48.5 Å². The Morgan fingerprint density at radius 1 is 0.875 bits per heavy atom. The minimum atomic E-state index is -0.509. The van der Waals surface area contributed by atoms with Gasteiger partial charge >= 0.3 is 0 Å². The zero-order valence-electron chi connectivity index (χ0n) is 12.7. The monoisotopic (exact) mass is 318 g/mol. The van der Waals surface area contributed by atoms with Crippen molar-refractivity contribution >= 4 is 22.6 Å². The van der Waals surface area contributed by atoms with Crippen molar-refractivity contribution in [3.63, 3.8) is 0 Å². The highest BCUT2D eigenvalue weighted by molar-refractivity contribution is 6.26. The Bertz CT molecular complexity index is 967. The maximum Gasteiger partial charge on any atom is 0.276 e. The summed E-state index contributed by atoms with van der Waals surface area (Å²) in [6.07, 6.45) is 0. The van der Waals surface area contributed by atoms with Crippen molar-refractivity contribution < 1.29 is 14.3 Å². The first-order valence-corrected chi connectivity index (χ1v) is 7.53. The molecule has 0 aromatic heterocycles. The number of fused-ring (bicyclic) bond motifs is 3. The molecule has 3 aromatic carbocycles. The summed E-state index contributed by atoms with van der Waals surface area (Å²) in [7, 11) is 0. The summed E-state index contributed by atoms with van der Waals surface area (Å²) in [6, 6.07) is 18.7. The number of hydrogen-bond donors (Lipinski definition) is 1. The Morgan fingerprint density at radius 3 is 2.29 bits per heavy atom. The van der Waals surface area contributed by atoms with Gasteiger partial charge in [-0.3, -0.25) is 9.59 Å². The van der Waals surface area contributed by atoms with Crippen LogP contribution in [0, 0.1) is 0 Å². The van der Waals surface area contributed by atoms with Crippen molar-refractivity contribution in [3.8, 4) is 5.75 Å². The van der Waals surface area contributed by atoms with E-state index in [0.717, 1.165) is 10.9 Å². The van der Waals surface area contributed by atoms with Crippen molar-refractivity contribution in [2.75, 3.05) is 0 Å². The molecule has 0 unspecified atom stereocenters. The molecule has 0 atom stereocenters. The first-order valence-electron chi connectivity index (χ1n) is 7.53. The summed E-state index contributed by atoms with van der Waals surface area (Å²) in [5.41, 5.74) is 1.64. The predicted octanol–water partition coefficient (Wildman–Crippen LogP) is 2.89. The van der Waals surface area contributed by atoms with Gasteiger partial charge in [-0.15, -0.1) is 0 Å². The molecule has 118 valence electrons. The Kier molecular flexibility index (Phi) is 3.29. The van der Waals surface area contributed by atoms with E-state index in [-0.39, 0.29) is 5.56 Å². The average Bonchev–Trinajstić information content (AvgIpc) is 2.85. The SMILES string of the molecule is NN1C(=O)c2cc(OCc3ccccc3)c3ccccc3c2C1=O. The molecule has 0 radical (unpaired) electrons. The highest BCUT2D eigenvalue weighted by Gasteiger charge is 2.36. The lowest BCUT2D eigenvalue weighted by molar-refractivity contribution is 0.0654. The summed E-state index contributed by atoms with van der Waals surface area (Å²) in [5, 5.41) is 2.10. The summed E-state index contributed by atoms with van der Waals surface area (Å²) in [6.45, 7) is 0.373. The first kappa shape index (κ1) is 14.4. The molecule has 3 aromatic rings. The van der Waals surface area contributed by atoms with E-state index in [1.54, 1.807) is 12.1 Å². The van der Waals surface area contributed by atoms with Crippen LogP contribution in [0.3, 0.4) is 0 Å². The summed E-state index contributed by atoms with van der Waals surface area (Å²) in [4.78, 5) is 24.5. The molecule has 4 rings (SSSR count). The zero-order valence-corrected chi connectivity index (χ0v) is 12.7. The van der Waals surface area contributed by atoms with Crippen LogP contribution in [0.2, 0.25) is 0 Å². The Hall–Kier alpha value is -3.18. The Balaban J connectivity index is 1.83. The van der Waals surface area contributed by atoms with Gasteiger partial charge < -0.3 is 4.74 Å². The van der Waals surface area contributed by atoms with Crippen LogP contribution in [0.15, 0.2) is 60.7 Å². The van der Waals surface area contributed by atoms with E-state index < -0.39 is 11.8 Å². The molecular formula is C19H14N2O3. The van der Waals surface area contributed by atoms with E-state index in [2.05, 4.69) is 0 Å². The quantitative estimate of drug-likeness (QED) is 0.458. The van der Waals surface area contributed by atoms with E-state index >= 15 is 0 Å². The maximum atomic E-state index is 12.3. The fourth-order valence-corrected chi connectivity index (χ4v) is 2.94. The lowest BCUT2D eigenvalue weighted by Gasteiger charge is -2.11. The smallest absolute Gasteiger partial charge is 0.276 e. The molecule has 0 fully saturated rings. The van der Waals surface area contributed by atoms with E-state index in [9.17, 15) is 9.59 Å². The number of hydrazine groups is 1. The minimum absolute atomic E-state index is 0.282. The van der Waals surface area contributed by atoms with Crippen LogP contribution in [0.4, 0.5) is 0 Å². The molecule has 1 aliphatic heterocycles. The van der Waals surface area contributed by atoms with Crippen LogP contribution in [-0.2, 0) is 6.61 Å². The lowest BCUT2D eigenvalue weighted by atomic mass is 9.99. The van der Waals surface area contributed by atoms with Gasteiger partial charge in [-0.2, -0.15) is 0 Å². The number of benzene rings is 3. The van der Waals surface area contributed by atoms with E-state index in [1.165, 1.54) is 0 Å². The predicted molar refractivity (Wildman–Crippen MR) is 89.4 cm³/mol. The number of carbonyl (C=O) groups excluding carboxylic acids is 2. The lowest BCUT2D eigenvalue weighted by Crippen LogP contribution is -2.36. The first-order chi connectivity index (χ1) is 11.7.